The molecule has 0 heterocycles. The highest BCUT2D eigenvalue weighted by molar-refractivity contribution is 5.50. The summed E-state index contributed by atoms with van der Waals surface area (Å²) in [5, 5.41) is 18.2. The first-order chi connectivity index (χ1) is 13.5. The third kappa shape index (κ3) is 3.82. The van der Waals surface area contributed by atoms with Gasteiger partial charge in [-0.15, -0.1) is 0 Å². The van der Waals surface area contributed by atoms with E-state index in [0.717, 1.165) is 11.3 Å². The molecule has 4 heteroatoms. The highest BCUT2D eigenvalue weighted by Crippen LogP contribution is 2.34. The smallest absolute Gasteiger partial charge is 0.128 e. The lowest BCUT2D eigenvalue weighted by Gasteiger charge is -2.26. The molecule has 0 saturated carbocycles. The Morgan fingerprint density at radius 3 is 1.68 bits per heavy atom. The first-order valence-electron chi connectivity index (χ1n) is 8.85. The Labute approximate surface area is 165 Å². The molecule has 28 heavy (non-hydrogen) atoms. The van der Waals surface area contributed by atoms with Crippen molar-refractivity contribution in [3.63, 3.8) is 0 Å². The summed E-state index contributed by atoms with van der Waals surface area (Å²) in [6.45, 7) is 4.34. The largest absolute Gasteiger partial charge is 0.497 e. The van der Waals surface area contributed by atoms with E-state index < -0.39 is 0 Å². The van der Waals surface area contributed by atoms with Gasteiger partial charge in [-0.1, -0.05) is 38.1 Å². The Balaban J connectivity index is 1.81. The van der Waals surface area contributed by atoms with E-state index in [1.807, 2.05) is 48.5 Å². The van der Waals surface area contributed by atoms with Crippen molar-refractivity contribution >= 4 is 0 Å². The van der Waals surface area contributed by atoms with Crippen molar-refractivity contribution in [2.75, 3.05) is 7.11 Å². The number of hydrogen-bond donors (Lipinski definition) is 0. The van der Waals surface area contributed by atoms with Crippen LogP contribution in [0.3, 0.4) is 0 Å². The van der Waals surface area contributed by atoms with E-state index in [0.29, 0.717) is 22.6 Å². The summed E-state index contributed by atoms with van der Waals surface area (Å²) in [5.41, 5.74) is 2.81. The molecule has 0 aliphatic heterocycles. The molecule has 3 rings (SSSR count). The lowest BCUT2D eigenvalue weighted by Crippen LogP contribution is -2.18. The van der Waals surface area contributed by atoms with Crippen molar-refractivity contribution < 1.29 is 9.47 Å². The average Bonchev–Trinajstić information content (AvgIpc) is 2.74. The molecule has 0 atom stereocenters. The first kappa shape index (κ1) is 19.0. The van der Waals surface area contributed by atoms with E-state index in [1.54, 1.807) is 25.3 Å². The fraction of sp³-hybridized carbons (Fsp3) is 0.167. The maximum Gasteiger partial charge on any atom is 0.128 e. The quantitative estimate of drug-likeness (QED) is 0.591. The van der Waals surface area contributed by atoms with Crippen LogP contribution >= 0.6 is 0 Å². The van der Waals surface area contributed by atoms with Gasteiger partial charge in [-0.05, 0) is 53.6 Å². The lowest BCUT2D eigenvalue weighted by molar-refractivity contribution is 0.414. The van der Waals surface area contributed by atoms with Gasteiger partial charge in [-0.25, -0.2) is 0 Å². The van der Waals surface area contributed by atoms with Crippen molar-refractivity contribution in [1.29, 1.82) is 10.5 Å². The van der Waals surface area contributed by atoms with Gasteiger partial charge in [0.15, 0.2) is 0 Å². The summed E-state index contributed by atoms with van der Waals surface area (Å²) in [5.74, 6) is 2.03. The Morgan fingerprint density at radius 2 is 1.18 bits per heavy atom. The van der Waals surface area contributed by atoms with Crippen LogP contribution in [0.1, 0.15) is 36.1 Å². The summed E-state index contributed by atoms with van der Waals surface area (Å²) >= 11 is 0. The minimum absolute atomic E-state index is 0.173. The van der Waals surface area contributed by atoms with Crippen LogP contribution < -0.4 is 9.47 Å². The first-order valence-corrected chi connectivity index (χ1v) is 8.85. The van der Waals surface area contributed by atoms with Crippen LogP contribution in [-0.4, -0.2) is 7.11 Å². The highest BCUT2D eigenvalue weighted by atomic mass is 16.5. The van der Waals surface area contributed by atoms with E-state index in [2.05, 4.69) is 26.0 Å². The van der Waals surface area contributed by atoms with Gasteiger partial charge < -0.3 is 9.47 Å². The monoisotopic (exact) mass is 368 g/mol. The van der Waals surface area contributed by atoms with Crippen LogP contribution in [0.5, 0.6) is 17.2 Å². The van der Waals surface area contributed by atoms with E-state index in [4.69, 9.17) is 20.0 Å². The molecule has 0 aromatic heterocycles. The molecule has 4 nitrogen and oxygen atoms in total. The molecule has 0 saturated heterocycles. The van der Waals surface area contributed by atoms with Gasteiger partial charge in [0.25, 0.3) is 0 Å². The zero-order valence-corrected chi connectivity index (χ0v) is 16.1. The van der Waals surface area contributed by atoms with Crippen molar-refractivity contribution in [3.05, 3.63) is 89.0 Å². The summed E-state index contributed by atoms with van der Waals surface area (Å²) in [6.07, 6.45) is 0. The Bertz CT molecular complexity index is 1050. The predicted octanol–water partition coefficient (Wildman–Crippen LogP) is 5.56. The Hall–Kier alpha value is -3.76. The minimum Gasteiger partial charge on any atom is -0.497 e. The number of ether oxygens (including phenoxy) is 2. The van der Waals surface area contributed by atoms with Gasteiger partial charge in [0, 0.05) is 5.41 Å². The molecular formula is C24H20N2O2. The van der Waals surface area contributed by atoms with Crippen LogP contribution in [0.2, 0.25) is 0 Å². The Kier molecular flexibility index (Phi) is 5.34. The molecule has 138 valence electrons. The molecule has 0 aliphatic carbocycles. The van der Waals surface area contributed by atoms with E-state index in [1.165, 1.54) is 5.56 Å². The Morgan fingerprint density at radius 1 is 0.679 bits per heavy atom. The number of hydrogen-bond acceptors (Lipinski definition) is 4. The van der Waals surface area contributed by atoms with Crippen molar-refractivity contribution in [2.24, 2.45) is 0 Å². The second-order valence-corrected chi connectivity index (χ2v) is 6.91. The van der Waals surface area contributed by atoms with Crippen LogP contribution in [0.15, 0.2) is 66.7 Å². The fourth-order valence-electron chi connectivity index (χ4n) is 3.03. The highest BCUT2D eigenvalue weighted by Gasteiger charge is 2.23. The van der Waals surface area contributed by atoms with Gasteiger partial charge in [-0.3, -0.25) is 0 Å². The molecule has 0 fully saturated rings. The van der Waals surface area contributed by atoms with Crippen LogP contribution in [-0.2, 0) is 5.41 Å². The third-order valence-corrected chi connectivity index (χ3v) is 4.86. The molecule has 0 radical (unpaired) electrons. The standard InChI is InChI=1S/C24H20N2O2/c1-24(2,19-5-10-21(27-3)11-6-19)20-7-12-22(13-8-20)28-23-9-4-17(15-25)18(14-23)16-26/h4-14H,1-3H3. The molecular weight excluding hydrogens is 348 g/mol. The number of benzene rings is 3. The summed E-state index contributed by atoms with van der Waals surface area (Å²) in [4.78, 5) is 0. The maximum atomic E-state index is 9.14. The van der Waals surface area contributed by atoms with Gasteiger partial charge in [0.2, 0.25) is 0 Å². The van der Waals surface area contributed by atoms with Crippen LogP contribution in [0, 0.1) is 22.7 Å². The van der Waals surface area contributed by atoms with Crippen LogP contribution in [0.25, 0.3) is 0 Å². The predicted molar refractivity (Wildman–Crippen MR) is 108 cm³/mol. The molecule has 0 N–H and O–H groups in total. The average molecular weight is 368 g/mol. The van der Waals surface area contributed by atoms with Crippen LogP contribution in [0.4, 0.5) is 0 Å². The van der Waals surface area contributed by atoms with Gasteiger partial charge >= 0.3 is 0 Å². The summed E-state index contributed by atoms with van der Waals surface area (Å²) in [7, 11) is 1.66. The normalized spacial score (nSPS) is 10.6. The fourth-order valence-corrected chi connectivity index (χ4v) is 3.03. The van der Waals surface area contributed by atoms with E-state index >= 15 is 0 Å². The number of rotatable bonds is 5. The molecule has 3 aromatic rings. The zero-order chi connectivity index (χ0) is 20.1. The molecule has 0 amide bonds. The second kappa shape index (κ2) is 7.86. The minimum atomic E-state index is -0.173. The van der Waals surface area contributed by atoms with Gasteiger partial charge in [-0.2, -0.15) is 10.5 Å². The number of nitriles is 2. The summed E-state index contributed by atoms with van der Waals surface area (Å²) < 4.78 is 11.1. The molecule has 0 aliphatic rings. The molecule has 0 unspecified atom stereocenters. The summed E-state index contributed by atoms with van der Waals surface area (Å²) in [6, 6.07) is 24.8. The van der Waals surface area contributed by atoms with Crippen molar-refractivity contribution in [3.8, 4) is 29.4 Å². The zero-order valence-electron chi connectivity index (χ0n) is 16.1. The van der Waals surface area contributed by atoms with E-state index in [-0.39, 0.29) is 5.41 Å². The number of methoxy groups -OCH3 is 1. The van der Waals surface area contributed by atoms with Gasteiger partial charge in [0.05, 0.1) is 18.2 Å². The van der Waals surface area contributed by atoms with Gasteiger partial charge in [0.1, 0.15) is 29.4 Å². The molecule has 0 spiro atoms. The lowest BCUT2D eigenvalue weighted by atomic mass is 9.78. The maximum absolute atomic E-state index is 9.14. The number of nitrogens with zero attached hydrogens (tertiary/aromatic N) is 2. The molecule has 0 bridgehead atoms. The third-order valence-electron chi connectivity index (χ3n) is 4.86. The SMILES string of the molecule is COc1ccc(C(C)(C)c2ccc(Oc3ccc(C#N)c(C#N)c3)cc2)cc1. The van der Waals surface area contributed by atoms with Crippen molar-refractivity contribution in [2.45, 2.75) is 19.3 Å². The second-order valence-electron chi connectivity index (χ2n) is 6.91. The van der Waals surface area contributed by atoms with Crippen molar-refractivity contribution in [1.82, 2.24) is 0 Å². The topological polar surface area (TPSA) is 66.0 Å². The van der Waals surface area contributed by atoms with E-state index in [9.17, 15) is 0 Å². The molecule has 3 aromatic carbocycles.